The van der Waals surface area contributed by atoms with Gasteiger partial charge in [-0.15, -0.1) is 12.4 Å². The van der Waals surface area contributed by atoms with Crippen LogP contribution in [0.2, 0.25) is 0 Å². The number of hydrogen-bond acceptors (Lipinski definition) is 1. The summed E-state index contributed by atoms with van der Waals surface area (Å²) in [7, 11) is 0. The van der Waals surface area contributed by atoms with E-state index >= 15 is 0 Å². The highest BCUT2D eigenvalue weighted by Gasteiger charge is 1.92. The second-order valence-electron chi connectivity index (χ2n) is 1.85. The van der Waals surface area contributed by atoms with E-state index in [-0.39, 0.29) is 12.4 Å². The second kappa shape index (κ2) is 6.62. The summed E-state index contributed by atoms with van der Waals surface area (Å²) in [6.45, 7) is 3.91. The van der Waals surface area contributed by atoms with Crippen molar-refractivity contribution in [3.05, 3.63) is 11.6 Å². The van der Waals surface area contributed by atoms with Gasteiger partial charge < -0.3 is 5.11 Å². The molecule has 0 bridgehead atoms. The number of aliphatic carboxylic acids is 1. The van der Waals surface area contributed by atoms with Crippen molar-refractivity contribution in [1.82, 2.24) is 0 Å². The van der Waals surface area contributed by atoms with Crippen LogP contribution in [0.5, 0.6) is 0 Å². The molecule has 0 fully saturated rings. The maximum Gasteiger partial charge on any atom is 0.328 e. The Morgan fingerprint density at radius 3 is 1.90 bits per heavy atom. The molecule has 0 amide bonds. The van der Waals surface area contributed by atoms with E-state index in [1.807, 2.05) is 13.8 Å². The van der Waals surface area contributed by atoms with Crippen molar-refractivity contribution in [2.24, 2.45) is 0 Å². The van der Waals surface area contributed by atoms with Gasteiger partial charge in [-0.05, 0) is 12.8 Å². The lowest BCUT2D eigenvalue weighted by molar-refractivity contribution is -0.131. The molecular weight excluding hydrogens is 152 g/mol. The number of carboxylic acid groups (broad SMARTS) is 1. The number of halogens is 1. The Morgan fingerprint density at radius 2 is 1.80 bits per heavy atom. The molecule has 60 valence electrons. The van der Waals surface area contributed by atoms with Gasteiger partial charge in [0.2, 0.25) is 0 Å². The van der Waals surface area contributed by atoms with Gasteiger partial charge in [0, 0.05) is 6.08 Å². The molecule has 0 unspecified atom stereocenters. The number of carboxylic acids is 1. The van der Waals surface area contributed by atoms with E-state index in [4.69, 9.17) is 5.11 Å². The molecule has 3 heteroatoms. The Morgan fingerprint density at radius 1 is 1.40 bits per heavy atom. The largest absolute Gasteiger partial charge is 0.478 e. The van der Waals surface area contributed by atoms with Gasteiger partial charge >= 0.3 is 5.97 Å². The van der Waals surface area contributed by atoms with Crippen molar-refractivity contribution in [1.29, 1.82) is 0 Å². The van der Waals surface area contributed by atoms with Crippen molar-refractivity contribution in [2.75, 3.05) is 0 Å². The molecule has 0 aliphatic heterocycles. The summed E-state index contributed by atoms with van der Waals surface area (Å²) < 4.78 is 0. The first-order chi connectivity index (χ1) is 4.20. The normalized spacial score (nSPS) is 7.80. The predicted octanol–water partition coefficient (Wildman–Crippen LogP) is 2.24. The maximum absolute atomic E-state index is 10.1. The fraction of sp³-hybridized carbons (Fsp3) is 0.571. The molecule has 0 aliphatic carbocycles. The van der Waals surface area contributed by atoms with Crippen LogP contribution in [0.15, 0.2) is 11.6 Å². The van der Waals surface area contributed by atoms with Gasteiger partial charge in [-0.25, -0.2) is 4.79 Å². The zero-order valence-electron chi connectivity index (χ0n) is 6.26. The molecule has 10 heavy (non-hydrogen) atoms. The van der Waals surface area contributed by atoms with Crippen LogP contribution < -0.4 is 0 Å². The van der Waals surface area contributed by atoms with E-state index in [0.717, 1.165) is 18.4 Å². The summed E-state index contributed by atoms with van der Waals surface area (Å²) in [6.07, 6.45) is 2.95. The van der Waals surface area contributed by atoms with Gasteiger partial charge in [-0.2, -0.15) is 0 Å². The van der Waals surface area contributed by atoms with E-state index < -0.39 is 5.97 Å². The summed E-state index contributed by atoms with van der Waals surface area (Å²) in [4.78, 5) is 10.1. The molecule has 1 N–H and O–H groups in total. The summed E-state index contributed by atoms with van der Waals surface area (Å²) in [5.41, 5.74) is 0.988. The van der Waals surface area contributed by atoms with E-state index in [9.17, 15) is 4.79 Å². The first kappa shape index (κ1) is 12.2. The van der Waals surface area contributed by atoms with Crippen LogP contribution in [0.25, 0.3) is 0 Å². The van der Waals surface area contributed by atoms with Crippen LogP contribution in [0.4, 0.5) is 0 Å². The van der Waals surface area contributed by atoms with Crippen LogP contribution in [0.1, 0.15) is 26.7 Å². The summed E-state index contributed by atoms with van der Waals surface area (Å²) in [5, 5.41) is 8.27. The summed E-state index contributed by atoms with van der Waals surface area (Å²) in [5.74, 6) is -0.839. The van der Waals surface area contributed by atoms with Gasteiger partial charge in [-0.1, -0.05) is 19.4 Å². The van der Waals surface area contributed by atoms with Gasteiger partial charge in [0.1, 0.15) is 0 Å². The molecular formula is C7H13ClO2. The Balaban J connectivity index is 0. The lowest BCUT2D eigenvalue weighted by atomic mass is 10.1. The first-order valence-electron chi connectivity index (χ1n) is 3.13. The van der Waals surface area contributed by atoms with Crippen LogP contribution in [-0.2, 0) is 4.79 Å². The molecule has 0 saturated carbocycles. The van der Waals surface area contributed by atoms with E-state index in [1.165, 1.54) is 6.08 Å². The monoisotopic (exact) mass is 164 g/mol. The predicted molar refractivity (Wildman–Crippen MR) is 43.5 cm³/mol. The average Bonchev–Trinajstić information content (AvgIpc) is 1.82. The number of rotatable bonds is 3. The van der Waals surface area contributed by atoms with E-state index in [1.54, 1.807) is 0 Å². The zero-order chi connectivity index (χ0) is 7.28. The minimum absolute atomic E-state index is 0. The lowest BCUT2D eigenvalue weighted by Crippen LogP contribution is -1.90. The standard InChI is InChI=1S/C7H12O2.ClH/c1-3-6(4-2)5-7(8)9;/h5H,3-4H2,1-2H3,(H,8,9);1H. The smallest absolute Gasteiger partial charge is 0.328 e. The van der Waals surface area contributed by atoms with Gasteiger partial charge in [-0.3, -0.25) is 0 Å². The molecule has 0 radical (unpaired) electrons. The quantitative estimate of drug-likeness (QED) is 0.650. The number of allylic oxidation sites excluding steroid dienone is 1. The van der Waals surface area contributed by atoms with Crippen molar-refractivity contribution < 1.29 is 9.90 Å². The molecule has 2 nitrogen and oxygen atoms in total. The Kier molecular flexibility index (Phi) is 8.07. The SMILES string of the molecule is CCC(=CC(=O)O)CC.Cl. The van der Waals surface area contributed by atoms with Crippen LogP contribution >= 0.6 is 12.4 Å². The van der Waals surface area contributed by atoms with E-state index in [0.29, 0.717) is 0 Å². The van der Waals surface area contributed by atoms with Crippen molar-refractivity contribution >= 4 is 18.4 Å². The Bertz CT molecular complexity index is 124. The zero-order valence-corrected chi connectivity index (χ0v) is 7.07. The molecule has 0 rings (SSSR count). The van der Waals surface area contributed by atoms with Crippen LogP contribution in [-0.4, -0.2) is 11.1 Å². The molecule has 0 heterocycles. The third-order valence-electron chi connectivity index (χ3n) is 1.24. The highest BCUT2D eigenvalue weighted by molar-refractivity contribution is 5.85. The van der Waals surface area contributed by atoms with Crippen molar-refractivity contribution in [3.63, 3.8) is 0 Å². The maximum atomic E-state index is 10.1. The molecule has 0 aliphatic rings. The van der Waals surface area contributed by atoms with Crippen LogP contribution in [0.3, 0.4) is 0 Å². The minimum atomic E-state index is -0.839. The lowest BCUT2D eigenvalue weighted by Gasteiger charge is -1.94. The third kappa shape index (κ3) is 5.63. The highest BCUT2D eigenvalue weighted by atomic mass is 35.5. The minimum Gasteiger partial charge on any atom is -0.478 e. The Hall–Kier alpha value is -0.500. The van der Waals surface area contributed by atoms with E-state index in [2.05, 4.69) is 0 Å². The topological polar surface area (TPSA) is 37.3 Å². The average molecular weight is 165 g/mol. The third-order valence-corrected chi connectivity index (χ3v) is 1.24. The second-order valence-corrected chi connectivity index (χ2v) is 1.85. The van der Waals surface area contributed by atoms with Gasteiger partial charge in [0.15, 0.2) is 0 Å². The number of hydrogen-bond donors (Lipinski definition) is 1. The fourth-order valence-electron chi connectivity index (χ4n) is 0.629. The number of carbonyl (C=O) groups is 1. The van der Waals surface area contributed by atoms with Crippen molar-refractivity contribution in [2.45, 2.75) is 26.7 Å². The molecule has 0 saturated heterocycles. The fourth-order valence-corrected chi connectivity index (χ4v) is 0.629. The Labute approximate surface area is 67.3 Å². The van der Waals surface area contributed by atoms with Gasteiger partial charge in [0.05, 0.1) is 0 Å². The molecule has 0 aromatic heterocycles. The molecule has 0 aromatic carbocycles. The van der Waals surface area contributed by atoms with Crippen LogP contribution in [0, 0.1) is 0 Å². The summed E-state index contributed by atoms with van der Waals surface area (Å²) in [6, 6.07) is 0. The highest BCUT2D eigenvalue weighted by Crippen LogP contribution is 2.03. The van der Waals surface area contributed by atoms with Crippen molar-refractivity contribution in [3.8, 4) is 0 Å². The van der Waals surface area contributed by atoms with Gasteiger partial charge in [0.25, 0.3) is 0 Å². The molecule has 0 aromatic rings. The molecule has 0 spiro atoms. The first-order valence-corrected chi connectivity index (χ1v) is 3.13. The summed E-state index contributed by atoms with van der Waals surface area (Å²) >= 11 is 0. The molecule has 0 atom stereocenters.